The summed E-state index contributed by atoms with van der Waals surface area (Å²) in [7, 11) is 0. The van der Waals surface area contributed by atoms with Crippen molar-refractivity contribution in [3.8, 4) is 0 Å². The van der Waals surface area contributed by atoms with E-state index in [0.717, 1.165) is 50.1 Å². The molecule has 1 aromatic heterocycles. The van der Waals surface area contributed by atoms with E-state index < -0.39 is 0 Å². The molecule has 2 fully saturated rings. The lowest BCUT2D eigenvalue weighted by Crippen LogP contribution is -2.62. The molecule has 2 saturated heterocycles. The summed E-state index contributed by atoms with van der Waals surface area (Å²) < 4.78 is 1.68. The first-order chi connectivity index (χ1) is 13.0. The Hall–Kier alpha value is -2.40. The molecular weight excluding hydrogens is 338 g/mol. The Morgan fingerprint density at radius 3 is 2.44 bits per heavy atom. The van der Waals surface area contributed by atoms with Gasteiger partial charge in [0.2, 0.25) is 0 Å². The third kappa shape index (κ3) is 3.21. The predicted octanol–water partition coefficient (Wildman–Crippen LogP) is 2.59. The second-order valence-corrected chi connectivity index (χ2v) is 8.08. The number of amides is 1. The van der Waals surface area contributed by atoms with Gasteiger partial charge in [-0.05, 0) is 57.0 Å². The molecule has 0 bridgehead atoms. The normalized spacial score (nSPS) is 19.6. The Labute approximate surface area is 160 Å². The van der Waals surface area contributed by atoms with Gasteiger partial charge in [-0.1, -0.05) is 30.3 Å². The maximum Gasteiger partial charge on any atom is 0.264 e. The molecule has 2 aliphatic rings. The summed E-state index contributed by atoms with van der Waals surface area (Å²) in [6.45, 7) is 7.44. The average Bonchev–Trinajstić information content (AvgIpc) is 2.67. The van der Waals surface area contributed by atoms with Crippen LogP contribution in [0.1, 0.15) is 47.3 Å². The Morgan fingerprint density at radius 2 is 1.78 bits per heavy atom. The van der Waals surface area contributed by atoms with Crippen molar-refractivity contribution in [3.63, 3.8) is 0 Å². The predicted molar refractivity (Wildman–Crippen MR) is 106 cm³/mol. The molecule has 2 aromatic rings. The SMILES string of the molecule is Cc1ccn(C(C)c2ccccc2)c(=O)c1C(=O)N1CC2(CCNCC2)C1. The van der Waals surface area contributed by atoms with Gasteiger partial charge in [0.05, 0.1) is 6.04 Å². The maximum absolute atomic E-state index is 13.2. The zero-order valence-corrected chi connectivity index (χ0v) is 16.1. The van der Waals surface area contributed by atoms with E-state index in [-0.39, 0.29) is 22.9 Å². The van der Waals surface area contributed by atoms with Crippen LogP contribution < -0.4 is 10.9 Å². The van der Waals surface area contributed by atoms with Gasteiger partial charge in [0.25, 0.3) is 11.5 Å². The van der Waals surface area contributed by atoms with Crippen molar-refractivity contribution in [2.24, 2.45) is 5.41 Å². The second kappa shape index (κ2) is 6.97. The molecule has 4 rings (SSSR count). The average molecular weight is 365 g/mol. The Balaban J connectivity index is 1.60. The molecule has 1 unspecified atom stereocenters. The zero-order valence-electron chi connectivity index (χ0n) is 16.1. The van der Waals surface area contributed by atoms with Gasteiger partial charge in [-0.3, -0.25) is 9.59 Å². The van der Waals surface area contributed by atoms with Crippen LogP contribution in [0, 0.1) is 12.3 Å². The summed E-state index contributed by atoms with van der Waals surface area (Å²) in [4.78, 5) is 28.1. The smallest absolute Gasteiger partial charge is 0.264 e. The Morgan fingerprint density at radius 1 is 1.11 bits per heavy atom. The van der Waals surface area contributed by atoms with Crippen LogP contribution >= 0.6 is 0 Å². The summed E-state index contributed by atoms with van der Waals surface area (Å²) >= 11 is 0. The minimum absolute atomic E-state index is 0.113. The number of rotatable bonds is 3. The van der Waals surface area contributed by atoms with E-state index in [0.29, 0.717) is 5.56 Å². The molecule has 5 nitrogen and oxygen atoms in total. The third-order valence-electron chi connectivity index (χ3n) is 6.24. The van der Waals surface area contributed by atoms with Crippen molar-refractivity contribution >= 4 is 5.91 Å². The molecule has 0 saturated carbocycles. The van der Waals surface area contributed by atoms with Gasteiger partial charge in [-0.2, -0.15) is 0 Å². The molecule has 142 valence electrons. The summed E-state index contributed by atoms with van der Waals surface area (Å²) in [5, 5.41) is 3.38. The van der Waals surface area contributed by atoms with Gasteiger partial charge in [0, 0.05) is 24.7 Å². The van der Waals surface area contributed by atoms with E-state index >= 15 is 0 Å². The van der Waals surface area contributed by atoms with E-state index in [2.05, 4.69) is 5.32 Å². The van der Waals surface area contributed by atoms with Crippen LogP contribution in [0.2, 0.25) is 0 Å². The number of pyridine rings is 1. The Bertz CT molecular complexity index is 890. The van der Waals surface area contributed by atoms with Crippen molar-refractivity contribution in [3.05, 3.63) is 69.6 Å². The number of hydrogen-bond acceptors (Lipinski definition) is 3. The molecule has 1 amide bonds. The van der Waals surface area contributed by atoms with Gasteiger partial charge in [0.1, 0.15) is 5.56 Å². The lowest BCUT2D eigenvalue weighted by molar-refractivity contribution is -0.0115. The quantitative estimate of drug-likeness (QED) is 0.910. The molecule has 0 aliphatic carbocycles. The number of aromatic nitrogens is 1. The van der Waals surface area contributed by atoms with Crippen LogP contribution in [0.25, 0.3) is 0 Å². The first kappa shape index (κ1) is 18.0. The molecule has 0 radical (unpaired) electrons. The largest absolute Gasteiger partial charge is 0.337 e. The lowest BCUT2D eigenvalue weighted by Gasteiger charge is -2.52. The highest BCUT2D eigenvalue weighted by atomic mass is 16.2. The number of hydrogen-bond donors (Lipinski definition) is 1. The molecule has 2 aliphatic heterocycles. The van der Waals surface area contributed by atoms with Crippen molar-refractivity contribution in [2.45, 2.75) is 32.7 Å². The topological polar surface area (TPSA) is 54.3 Å². The summed E-state index contributed by atoms with van der Waals surface area (Å²) in [6, 6.07) is 11.7. The van der Waals surface area contributed by atoms with E-state index in [1.54, 1.807) is 10.8 Å². The fourth-order valence-corrected chi connectivity index (χ4v) is 4.44. The van der Waals surface area contributed by atoms with Crippen LogP contribution in [0.4, 0.5) is 0 Å². The summed E-state index contributed by atoms with van der Waals surface area (Å²) in [5.74, 6) is -0.115. The van der Waals surface area contributed by atoms with E-state index in [1.165, 1.54) is 0 Å². The van der Waals surface area contributed by atoms with E-state index in [4.69, 9.17) is 0 Å². The fraction of sp³-hybridized carbons (Fsp3) is 0.455. The van der Waals surface area contributed by atoms with Crippen molar-refractivity contribution in [1.29, 1.82) is 0 Å². The van der Waals surface area contributed by atoms with Gasteiger partial charge in [0.15, 0.2) is 0 Å². The minimum Gasteiger partial charge on any atom is -0.337 e. The molecular formula is C22H27N3O2. The number of carbonyl (C=O) groups excluding carboxylic acids is 1. The van der Waals surface area contributed by atoms with E-state index in [9.17, 15) is 9.59 Å². The number of piperidine rings is 1. The summed E-state index contributed by atoms with van der Waals surface area (Å²) in [5.41, 5.74) is 2.21. The lowest BCUT2D eigenvalue weighted by atomic mass is 9.72. The third-order valence-corrected chi connectivity index (χ3v) is 6.24. The molecule has 1 N–H and O–H groups in total. The first-order valence-corrected chi connectivity index (χ1v) is 9.77. The first-order valence-electron chi connectivity index (χ1n) is 9.77. The second-order valence-electron chi connectivity index (χ2n) is 8.08. The molecule has 3 heterocycles. The van der Waals surface area contributed by atoms with Gasteiger partial charge < -0.3 is 14.8 Å². The maximum atomic E-state index is 13.2. The minimum atomic E-state index is -0.192. The number of aryl methyl sites for hydroxylation is 1. The van der Waals surface area contributed by atoms with Gasteiger partial charge >= 0.3 is 0 Å². The van der Waals surface area contributed by atoms with Crippen molar-refractivity contribution < 1.29 is 4.79 Å². The zero-order chi connectivity index (χ0) is 19.0. The number of nitrogens with zero attached hydrogens (tertiary/aromatic N) is 2. The molecule has 5 heteroatoms. The monoisotopic (exact) mass is 365 g/mol. The molecule has 1 spiro atoms. The number of carbonyl (C=O) groups is 1. The van der Waals surface area contributed by atoms with Crippen LogP contribution in [-0.2, 0) is 0 Å². The van der Waals surface area contributed by atoms with Crippen LogP contribution in [0.15, 0.2) is 47.4 Å². The highest BCUT2D eigenvalue weighted by molar-refractivity contribution is 5.95. The van der Waals surface area contributed by atoms with Gasteiger partial charge in [-0.15, -0.1) is 0 Å². The molecule has 1 aromatic carbocycles. The number of benzene rings is 1. The van der Waals surface area contributed by atoms with Gasteiger partial charge in [-0.25, -0.2) is 0 Å². The standard InChI is InChI=1S/C22H27N3O2/c1-16-8-13-25(17(2)18-6-4-3-5-7-18)21(27)19(16)20(26)24-14-22(15-24)9-11-23-12-10-22/h3-8,13,17,23H,9-12,14-15H2,1-2H3. The fourth-order valence-electron chi connectivity index (χ4n) is 4.44. The molecule has 27 heavy (non-hydrogen) atoms. The van der Waals surface area contributed by atoms with Crippen molar-refractivity contribution in [1.82, 2.24) is 14.8 Å². The van der Waals surface area contributed by atoms with Crippen molar-refractivity contribution in [2.75, 3.05) is 26.2 Å². The van der Waals surface area contributed by atoms with Crippen LogP contribution in [-0.4, -0.2) is 41.6 Å². The highest BCUT2D eigenvalue weighted by Gasteiger charge is 2.46. The van der Waals surface area contributed by atoms with E-state index in [1.807, 2.05) is 55.1 Å². The summed E-state index contributed by atoms with van der Waals surface area (Å²) in [6.07, 6.45) is 4.02. The highest BCUT2D eigenvalue weighted by Crippen LogP contribution is 2.39. The number of nitrogens with one attached hydrogen (secondary N) is 1. The van der Waals surface area contributed by atoms with Crippen LogP contribution in [0.5, 0.6) is 0 Å². The Kier molecular flexibility index (Phi) is 4.64. The number of likely N-dealkylation sites (tertiary alicyclic amines) is 1. The molecule has 1 atom stereocenters. The van der Waals surface area contributed by atoms with Crippen LogP contribution in [0.3, 0.4) is 0 Å².